The van der Waals surface area contributed by atoms with Crippen LogP contribution < -0.4 is 5.73 Å². The number of morpholine rings is 1. The standard InChI is InChI=1S/C9H20N4O4S/c1-2-3-13(8-9(10)11-14)18(15,16)12-4-6-17-7-5-12/h14H,2-8H2,1H3,(H2,10,11). The molecule has 1 aliphatic heterocycles. The molecule has 0 aromatic carbocycles. The maximum absolute atomic E-state index is 12.3. The summed E-state index contributed by atoms with van der Waals surface area (Å²) >= 11 is 0. The maximum atomic E-state index is 12.3. The van der Waals surface area contributed by atoms with E-state index in [-0.39, 0.29) is 12.4 Å². The number of rotatable bonds is 6. The van der Waals surface area contributed by atoms with Crippen molar-refractivity contribution in [3.8, 4) is 0 Å². The molecular formula is C9H20N4O4S. The number of oxime groups is 1. The number of ether oxygens (including phenoxy) is 1. The van der Waals surface area contributed by atoms with E-state index in [0.717, 1.165) is 0 Å². The molecule has 8 nitrogen and oxygen atoms in total. The van der Waals surface area contributed by atoms with Gasteiger partial charge in [0.05, 0.1) is 19.8 Å². The van der Waals surface area contributed by atoms with Gasteiger partial charge in [-0.1, -0.05) is 12.1 Å². The minimum absolute atomic E-state index is 0.107. The molecule has 1 heterocycles. The van der Waals surface area contributed by atoms with Crippen LogP contribution in [0.1, 0.15) is 13.3 Å². The Morgan fingerprint density at radius 2 is 2.11 bits per heavy atom. The largest absolute Gasteiger partial charge is 0.409 e. The molecule has 1 fully saturated rings. The van der Waals surface area contributed by atoms with E-state index in [2.05, 4.69) is 5.16 Å². The molecule has 1 aliphatic rings. The van der Waals surface area contributed by atoms with Crippen LogP contribution in [0.4, 0.5) is 0 Å². The SMILES string of the molecule is CCCN(CC(N)=NO)S(=O)(=O)N1CCOCC1. The van der Waals surface area contributed by atoms with E-state index in [4.69, 9.17) is 15.7 Å². The van der Waals surface area contributed by atoms with Crippen molar-refractivity contribution in [3.05, 3.63) is 0 Å². The van der Waals surface area contributed by atoms with Crippen LogP contribution in [0, 0.1) is 0 Å². The minimum Gasteiger partial charge on any atom is -0.409 e. The fourth-order valence-electron chi connectivity index (χ4n) is 1.68. The molecular weight excluding hydrogens is 260 g/mol. The quantitative estimate of drug-likeness (QED) is 0.281. The Kier molecular flexibility index (Phi) is 5.79. The van der Waals surface area contributed by atoms with Gasteiger partial charge in [0.25, 0.3) is 10.2 Å². The predicted octanol–water partition coefficient (Wildman–Crippen LogP) is -0.978. The van der Waals surface area contributed by atoms with E-state index in [1.54, 1.807) is 0 Å². The second-order valence-corrected chi connectivity index (χ2v) is 5.87. The molecule has 0 amide bonds. The van der Waals surface area contributed by atoms with Gasteiger partial charge in [-0.3, -0.25) is 0 Å². The highest BCUT2D eigenvalue weighted by Gasteiger charge is 2.30. The second-order valence-electron chi connectivity index (χ2n) is 3.94. The number of hydrogen-bond acceptors (Lipinski definition) is 5. The first-order valence-corrected chi connectivity index (χ1v) is 7.21. The van der Waals surface area contributed by atoms with Crippen LogP contribution in [0.2, 0.25) is 0 Å². The summed E-state index contributed by atoms with van der Waals surface area (Å²) in [5.41, 5.74) is 5.38. The van der Waals surface area contributed by atoms with E-state index >= 15 is 0 Å². The van der Waals surface area contributed by atoms with Gasteiger partial charge in [0, 0.05) is 19.6 Å². The lowest BCUT2D eigenvalue weighted by Crippen LogP contribution is -2.50. The van der Waals surface area contributed by atoms with Gasteiger partial charge < -0.3 is 15.7 Å². The number of hydrogen-bond donors (Lipinski definition) is 2. The third-order valence-corrected chi connectivity index (χ3v) is 4.54. The van der Waals surface area contributed by atoms with Crippen LogP contribution in [0.5, 0.6) is 0 Å². The average Bonchev–Trinajstić information content (AvgIpc) is 2.39. The summed E-state index contributed by atoms with van der Waals surface area (Å²) in [6.45, 7) is 3.54. The van der Waals surface area contributed by atoms with Gasteiger partial charge >= 0.3 is 0 Å². The smallest absolute Gasteiger partial charge is 0.282 e. The van der Waals surface area contributed by atoms with Crippen molar-refractivity contribution < 1.29 is 18.4 Å². The van der Waals surface area contributed by atoms with E-state index in [1.165, 1.54) is 8.61 Å². The highest BCUT2D eigenvalue weighted by Crippen LogP contribution is 2.11. The first-order chi connectivity index (χ1) is 8.52. The number of nitrogens with two attached hydrogens (primary N) is 1. The monoisotopic (exact) mass is 280 g/mol. The first-order valence-electron chi connectivity index (χ1n) is 5.81. The fourth-order valence-corrected chi connectivity index (χ4v) is 3.32. The van der Waals surface area contributed by atoms with Crippen LogP contribution in [-0.4, -0.2) is 67.5 Å². The van der Waals surface area contributed by atoms with Crippen molar-refractivity contribution in [2.75, 3.05) is 39.4 Å². The summed E-state index contributed by atoms with van der Waals surface area (Å²) in [6.07, 6.45) is 0.655. The molecule has 0 aromatic heterocycles. The van der Waals surface area contributed by atoms with Gasteiger partial charge in [0.2, 0.25) is 0 Å². The Morgan fingerprint density at radius 3 is 2.61 bits per heavy atom. The van der Waals surface area contributed by atoms with Gasteiger partial charge in [-0.25, -0.2) is 0 Å². The third-order valence-electron chi connectivity index (χ3n) is 2.56. The highest BCUT2D eigenvalue weighted by molar-refractivity contribution is 7.86. The van der Waals surface area contributed by atoms with Gasteiger partial charge in [0.1, 0.15) is 0 Å². The van der Waals surface area contributed by atoms with Crippen LogP contribution in [-0.2, 0) is 14.9 Å². The van der Waals surface area contributed by atoms with Crippen molar-refractivity contribution >= 4 is 16.0 Å². The molecule has 18 heavy (non-hydrogen) atoms. The zero-order valence-corrected chi connectivity index (χ0v) is 11.3. The van der Waals surface area contributed by atoms with Gasteiger partial charge in [-0.05, 0) is 6.42 Å². The van der Waals surface area contributed by atoms with E-state index in [1.807, 2.05) is 6.92 Å². The molecule has 9 heteroatoms. The molecule has 0 spiro atoms. The second kappa shape index (κ2) is 6.88. The summed E-state index contributed by atoms with van der Waals surface area (Å²) in [4.78, 5) is 0. The average molecular weight is 280 g/mol. The topological polar surface area (TPSA) is 108 Å². The molecule has 0 bridgehead atoms. The molecule has 0 radical (unpaired) electrons. The fraction of sp³-hybridized carbons (Fsp3) is 0.889. The molecule has 0 aromatic rings. The zero-order chi connectivity index (χ0) is 13.6. The molecule has 106 valence electrons. The van der Waals surface area contributed by atoms with Crippen LogP contribution in [0.25, 0.3) is 0 Å². The van der Waals surface area contributed by atoms with Crippen LogP contribution >= 0.6 is 0 Å². The Bertz CT molecular complexity index is 378. The van der Waals surface area contributed by atoms with Gasteiger partial charge in [-0.15, -0.1) is 0 Å². The zero-order valence-electron chi connectivity index (χ0n) is 10.4. The van der Waals surface area contributed by atoms with E-state index < -0.39 is 10.2 Å². The molecule has 1 saturated heterocycles. The Balaban J connectivity index is 2.81. The molecule has 0 unspecified atom stereocenters. The first kappa shape index (κ1) is 15.2. The van der Waals surface area contributed by atoms with Gasteiger partial charge in [-0.2, -0.15) is 17.0 Å². The molecule has 0 aliphatic carbocycles. The molecule has 3 N–H and O–H groups in total. The van der Waals surface area contributed by atoms with Gasteiger partial charge in [0.15, 0.2) is 5.84 Å². The number of amidine groups is 1. The highest BCUT2D eigenvalue weighted by atomic mass is 32.2. The summed E-state index contributed by atoms with van der Waals surface area (Å²) in [7, 11) is -3.58. The molecule has 0 saturated carbocycles. The summed E-state index contributed by atoms with van der Waals surface area (Å²) in [6, 6.07) is 0. The molecule has 1 rings (SSSR count). The third kappa shape index (κ3) is 3.80. The van der Waals surface area contributed by atoms with E-state index in [9.17, 15) is 8.42 Å². The summed E-state index contributed by atoms with van der Waals surface area (Å²) in [5.74, 6) is -0.125. The lowest BCUT2D eigenvalue weighted by atomic mass is 10.4. The summed E-state index contributed by atoms with van der Waals surface area (Å²) < 4.78 is 32.4. The van der Waals surface area contributed by atoms with Crippen molar-refractivity contribution in [2.24, 2.45) is 10.9 Å². The minimum atomic E-state index is -3.58. The molecule has 0 atom stereocenters. The number of nitrogens with zero attached hydrogens (tertiary/aromatic N) is 3. The predicted molar refractivity (Wildman–Crippen MR) is 66.6 cm³/mol. The van der Waals surface area contributed by atoms with Crippen LogP contribution in [0.3, 0.4) is 0 Å². The Morgan fingerprint density at radius 1 is 1.50 bits per heavy atom. The lowest BCUT2D eigenvalue weighted by Gasteiger charge is -2.31. The maximum Gasteiger partial charge on any atom is 0.282 e. The van der Waals surface area contributed by atoms with Crippen molar-refractivity contribution in [3.63, 3.8) is 0 Å². The Labute approximate surface area is 107 Å². The normalized spacial score (nSPS) is 19.3. The van der Waals surface area contributed by atoms with Crippen molar-refractivity contribution in [2.45, 2.75) is 13.3 Å². The van der Waals surface area contributed by atoms with Crippen LogP contribution in [0.15, 0.2) is 5.16 Å². The van der Waals surface area contributed by atoms with Crippen molar-refractivity contribution in [1.82, 2.24) is 8.61 Å². The lowest BCUT2D eigenvalue weighted by molar-refractivity contribution is 0.0704. The van der Waals surface area contributed by atoms with E-state index in [0.29, 0.717) is 39.3 Å². The Hall–Kier alpha value is -0.900. The summed E-state index contributed by atoms with van der Waals surface area (Å²) in [5, 5.41) is 11.4. The van der Waals surface area contributed by atoms with Crippen molar-refractivity contribution in [1.29, 1.82) is 0 Å².